The first-order valence-corrected chi connectivity index (χ1v) is 15.7. The van der Waals surface area contributed by atoms with E-state index in [2.05, 4.69) is 53.4 Å². The molecule has 0 spiro atoms. The highest BCUT2D eigenvalue weighted by molar-refractivity contribution is 7.88. The number of hydrogen-bond acceptors (Lipinski definition) is 4. The fourth-order valence-electron chi connectivity index (χ4n) is 5.66. The Balaban J connectivity index is 1.16. The lowest BCUT2D eigenvalue weighted by Crippen LogP contribution is -2.52. The van der Waals surface area contributed by atoms with Crippen LogP contribution in [0.5, 0.6) is 0 Å². The molecular weight excluding hydrogens is 553 g/mol. The molecule has 0 radical (unpaired) electrons. The van der Waals surface area contributed by atoms with Gasteiger partial charge in [-0.1, -0.05) is 89.9 Å². The normalized spacial score (nSPS) is 18.0. The average molecular weight is 587 g/mol. The highest BCUT2D eigenvalue weighted by atomic mass is 35.5. The van der Waals surface area contributed by atoms with Gasteiger partial charge in [0.2, 0.25) is 15.9 Å². The number of carbonyl (C=O) groups excluding carboxylic acids is 1. The number of carbonyl (C=O) groups is 1. The molecular formula is C30H33Cl2N3O3S. The second kappa shape index (κ2) is 12.4. The Morgan fingerprint density at radius 1 is 0.769 bits per heavy atom. The number of piperazine rings is 1. The largest absolute Gasteiger partial charge is 0.340 e. The molecule has 0 N–H and O–H groups in total. The van der Waals surface area contributed by atoms with Crippen molar-refractivity contribution in [2.24, 2.45) is 5.92 Å². The first-order chi connectivity index (χ1) is 18.8. The van der Waals surface area contributed by atoms with Crippen LogP contribution in [-0.4, -0.2) is 67.7 Å². The van der Waals surface area contributed by atoms with Gasteiger partial charge in [0.25, 0.3) is 0 Å². The summed E-state index contributed by atoms with van der Waals surface area (Å²) in [4.78, 5) is 17.8. The molecule has 2 heterocycles. The van der Waals surface area contributed by atoms with Crippen LogP contribution in [0.15, 0.2) is 78.9 Å². The summed E-state index contributed by atoms with van der Waals surface area (Å²) in [5.41, 5.74) is 3.10. The number of sulfonamides is 1. The smallest absolute Gasteiger partial charge is 0.225 e. The molecule has 5 rings (SSSR count). The minimum Gasteiger partial charge on any atom is -0.340 e. The third-order valence-electron chi connectivity index (χ3n) is 7.75. The van der Waals surface area contributed by atoms with Crippen molar-refractivity contribution in [3.8, 4) is 0 Å². The second-order valence-corrected chi connectivity index (χ2v) is 13.0. The van der Waals surface area contributed by atoms with E-state index in [-0.39, 0.29) is 23.6 Å². The minimum absolute atomic E-state index is 0.130. The third-order valence-corrected chi connectivity index (χ3v) is 10.3. The SMILES string of the molecule is O=C(C1CCN(S(=O)(=O)Cc2ccc(Cl)c(Cl)c2)CC1)N1CCN(C(c2ccccc2)c2ccccc2)CC1. The molecule has 6 nitrogen and oxygen atoms in total. The van der Waals surface area contributed by atoms with Gasteiger partial charge in [-0.25, -0.2) is 12.7 Å². The van der Waals surface area contributed by atoms with E-state index in [1.165, 1.54) is 15.4 Å². The number of piperidine rings is 1. The summed E-state index contributed by atoms with van der Waals surface area (Å²) >= 11 is 12.0. The first-order valence-electron chi connectivity index (χ1n) is 13.4. The Hall–Kier alpha value is -2.42. The molecule has 0 aromatic heterocycles. The standard InChI is InChI=1S/C30H33Cl2N3O3S/c31-27-12-11-23(21-28(27)32)22-39(37,38)35-15-13-26(14-16-35)30(36)34-19-17-33(18-20-34)29(24-7-3-1-4-8-24)25-9-5-2-6-10-25/h1-12,21,26,29H,13-20,22H2. The Labute approximate surface area is 241 Å². The lowest BCUT2D eigenvalue weighted by Gasteiger charge is -2.41. The number of rotatable bonds is 7. The number of amides is 1. The van der Waals surface area contributed by atoms with E-state index in [4.69, 9.17) is 23.2 Å². The van der Waals surface area contributed by atoms with Gasteiger partial charge in [-0.15, -0.1) is 0 Å². The van der Waals surface area contributed by atoms with Gasteiger partial charge in [0, 0.05) is 45.2 Å². The number of hydrogen-bond donors (Lipinski definition) is 0. The van der Waals surface area contributed by atoms with Crippen molar-refractivity contribution in [1.82, 2.24) is 14.1 Å². The van der Waals surface area contributed by atoms with Gasteiger partial charge in [-0.3, -0.25) is 9.69 Å². The van der Waals surface area contributed by atoms with Gasteiger partial charge in [0.05, 0.1) is 21.8 Å². The molecule has 2 fully saturated rings. The molecule has 206 valence electrons. The van der Waals surface area contributed by atoms with Gasteiger partial charge in [-0.2, -0.15) is 0 Å². The molecule has 9 heteroatoms. The van der Waals surface area contributed by atoms with E-state index in [9.17, 15) is 13.2 Å². The van der Waals surface area contributed by atoms with Crippen LogP contribution in [0, 0.1) is 5.92 Å². The van der Waals surface area contributed by atoms with Crippen molar-refractivity contribution in [2.45, 2.75) is 24.6 Å². The van der Waals surface area contributed by atoms with E-state index in [0.29, 0.717) is 54.6 Å². The number of halogens is 2. The highest BCUT2D eigenvalue weighted by Gasteiger charge is 2.35. The molecule has 0 saturated carbocycles. The molecule has 2 saturated heterocycles. The van der Waals surface area contributed by atoms with E-state index < -0.39 is 10.0 Å². The van der Waals surface area contributed by atoms with Crippen LogP contribution in [0.3, 0.4) is 0 Å². The van der Waals surface area contributed by atoms with Crippen molar-refractivity contribution >= 4 is 39.1 Å². The zero-order chi connectivity index (χ0) is 27.4. The predicted octanol–water partition coefficient (Wildman–Crippen LogP) is 5.47. The van der Waals surface area contributed by atoms with E-state index >= 15 is 0 Å². The molecule has 1 amide bonds. The molecule has 0 aliphatic carbocycles. The van der Waals surface area contributed by atoms with Crippen LogP contribution < -0.4 is 0 Å². The van der Waals surface area contributed by atoms with E-state index in [1.54, 1.807) is 18.2 Å². The van der Waals surface area contributed by atoms with Crippen LogP contribution in [-0.2, 0) is 20.6 Å². The van der Waals surface area contributed by atoms with Crippen LogP contribution >= 0.6 is 23.2 Å². The Kier molecular flexibility index (Phi) is 8.94. The summed E-state index contributed by atoms with van der Waals surface area (Å²) in [5.74, 6) is -0.131. The maximum Gasteiger partial charge on any atom is 0.225 e. The Morgan fingerprint density at radius 3 is 1.87 bits per heavy atom. The van der Waals surface area contributed by atoms with E-state index in [1.807, 2.05) is 17.0 Å². The zero-order valence-electron chi connectivity index (χ0n) is 21.8. The van der Waals surface area contributed by atoms with Crippen molar-refractivity contribution in [3.05, 3.63) is 106 Å². The monoisotopic (exact) mass is 585 g/mol. The van der Waals surface area contributed by atoms with Crippen LogP contribution in [0.25, 0.3) is 0 Å². The molecule has 3 aromatic rings. The summed E-state index contributed by atoms with van der Waals surface area (Å²) in [5, 5.41) is 0.737. The first kappa shape index (κ1) is 28.1. The maximum absolute atomic E-state index is 13.4. The third kappa shape index (κ3) is 6.67. The molecule has 3 aromatic carbocycles. The summed E-state index contributed by atoms with van der Waals surface area (Å²) in [7, 11) is -3.51. The topological polar surface area (TPSA) is 60.9 Å². The quantitative estimate of drug-likeness (QED) is 0.369. The van der Waals surface area contributed by atoms with Gasteiger partial charge in [0.1, 0.15) is 0 Å². The van der Waals surface area contributed by atoms with Crippen LogP contribution in [0.4, 0.5) is 0 Å². The second-order valence-electron chi connectivity index (χ2n) is 10.3. The van der Waals surface area contributed by atoms with E-state index in [0.717, 1.165) is 13.1 Å². The fraction of sp³-hybridized carbons (Fsp3) is 0.367. The number of benzene rings is 3. The highest BCUT2D eigenvalue weighted by Crippen LogP contribution is 2.31. The summed E-state index contributed by atoms with van der Waals surface area (Å²) < 4.78 is 27.5. The Bertz CT molecular complexity index is 1330. The molecule has 39 heavy (non-hydrogen) atoms. The predicted molar refractivity (Wildman–Crippen MR) is 156 cm³/mol. The van der Waals surface area contributed by atoms with Crippen molar-refractivity contribution in [2.75, 3.05) is 39.3 Å². The lowest BCUT2D eigenvalue weighted by molar-refractivity contribution is -0.138. The molecule has 0 bridgehead atoms. The van der Waals surface area contributed by atoms with Gasteiger partial charge < -0.3 is 4.90 Å². The van der Waals surface area contributed by atoms with Crippen molar-refractivity contribution in [3.63, 3.8) is 0 Å². The van der Waals surface area contributed by atoms with Gasteiger partial charge in [0.15, 0.2) is 0 Å². The fourth-order valence-corrected chi connectivity index (χ4v) is 7.53. The van der Waals surface area contributed by atoms with Gasteiger partial charge in [-0.05, 0) is 41.7 Å². The molecule has 0 unspecified atom stereocenters. The van der Waals surface area contributed by atoms with Crippen LogP contribution in [0.2, 0.25) is 10.0 Å². The zero-order valence-corrected chi connectivity index (χ0v) is 24.1. The number of nitrogens with zero attached hydrogens (tertiary/aromatic N) is 3. The van der Waals surface area contributed by atoms with Gasteiger partial charge >= 0.3 is 0 Å². The summed E-state index contributed by atoms with van der Waals surface area (Å²) in [6.07, 6.45) is 1.08. The van der Waals surface area contributed by atoms with Crippen molar-refractivity contribution in [1.29, 1.82) is 0 Å². The van der Waals surface area contributed by atoms with Crippen molar-refractivity contribution < 1.29 is 13.2 Å². The minimum atomic E-state index is -3.51. The molecule has 2 aliphatic heterocycles. The summed E-state index contributed by atoms with van der Waals surface area (Å²) in [6, 6.07) is 26.1. The van der Waals surface area contributed by atoms with Crippen LogP contribution in [0.1, 0.15) is 35.6 Å². The lowest BCUT2D eigenvalue weighted by atomic mass is 9.95. The Morgan fingerprint density at radius 2 is 1.33 bits per heavy atom. The molecule has 0 atom stereocenters. The average Bonchev–Trinajstić information content (AvgIpc) is 2.96. The summed E-state index contributed by atoms with van der Waals surface area (Å²) in [6.45, 7) is 3.62. The maximum atomic E-state index is 13.4. The molecule has 2 aliphatic rings.